The van der Waals surface area contributed by atoms with Gasteiger partial charge in [-0.2, -0.15) is 8.78 Å². The van der Waals surface area contributed by atoms with E-state index < -0.39 is 6.61 Å². The Kier molecular flexibility index (Phi) is 3.86. The predicted molar refractivity (Wildman–Crippen MR) is 59.5 cm³/mol. The van der Waals surface area contributed by atoms with Gasteiger partial charge in [0.1, 0.15) is 5.75 Å². The third-order valence-electron chi connectivity index (χ3n) is 2.40. The zero-order valence-electron chi connectivity index (χ0n) is 9.71. The van der Waals surface area contributed by atoms with Crippen LogP contribution in [0, 0.1) is 5.41 Å². The molecule has 2 nitrogen and oxygen atoms in total. The van der Waals surface area contributed by atoms with E-state index >= 15 is 0 Å². The summed E-state index contributed by atoms with van der Waals surface area (Å²) in [6.07, 6.45) is 0. The lowest BCUT2D eigenvalue weighted by atomic mass is 9.83. The molecule has 1 aromatic carbocycles. The standard InChI is InChI=1S/C12H17F2NO/c1-12(2,3)10(15)8-6-4-5-7-9(8)16-11(13)14/h4-7,10-11H,15H2,1-3H3/t10-/m1/s1. The zero-order chi connectivity index (χ0) is 12.3. The quantitative estimate of drug-likeness (QED) is 0.862. The van der Waals surface area contributed by atoms with Gasteiger partial charge in [-0.1, -0.05) is 39.0 Å². The van der Waals surface area contributed by atoms with Crippen molar-refractivity contribution in [2.24, 2.45) is 11.1 Å². The molecule has 90 valence electrons. The molecule has 0 radical (unpaired) electrons. The van der Waals surface area contributed by atoms with Crippen molar-refractivity contribution in [3.05, 3.63) is 29.8 Å². The summed E-state index contributed by atoms with van der Waals surface area (Å²) in [5, 5.41) is 0. The van der Waals surface area contributed by atoms with E-state index in [4.69, 9.17) is 5.73 Å². The van der Waals surface area contributed by atoms with Gasteiger partial charge in [0.25, 0.3) is 0 Å². The van der Waals surface area contributed by atoms with Crippen LogP contribution < -0.4 is 10.5 Å². The summed E-state index contributed by atoms with van der Waals surface area (Å²) in [5.41, 5.74) is 6.42. The molecule has 0 aromatic heterocycles. The summed E-state index contributed by atoms with van der Waals surface area (Å²) in [4.78, 5) is 0. The number of nitrogens with two attached hydrogens (primary N) is 1. The van der Waals surface area contributed by atoms with Crippen LogP contribution in [0.3, 0.4) is 0 Å². The van der Waals surface area contributed by atoms with E-state index in [2.05, 4.69) is 4.74 Å². The number of ether oxygens (including phenoxy) is 1. The van der Waals surface area contributed by atoms with Gasteiger partial charge in [-0.15, -0.1) is 0 Å². The second-order valence-corrected chi connectivity index (χ2v) is 4.76. The van der Waals surface area contributed by atoms with Crippen molar-refractivity contribution < 1.29 is 13.5 Å². The van der Waals surface area contributed by atoms with Gasteiger partial charge in [-0.05, 0) is 11.5 Å². The lowest BCUT2D eigenvalue weighted by Crippen LogP contribution is -2.27. The Labute approximate surface area is 94.4 Å². The van der Waals surface area contributed by atoms with Crippen molar-refractivity contribution in [3.63, 3.8) is 0 Å². The molecule has 0 aliphatic heterocycles. The average molecular weight is 229 g/mol. The third kappa shape index (κ3) is 3.17. The molecular formula is C12H17F2NO. The molecule has 0 fully saturated rings. The van der Waals surface area contributed by atoms with Gasteiger partial charge in [-0.25, -0.2) is 0 Å². The molecular weight excluding hydrogens is 212 g/mol. The molecule has 1 atom stereocenters. The molecule has 1 aromatic rings. The fourth-order valence-electron chi connectivity index (χ4n) is 1.41. The first-order chi connectivity index (χ1) is 7.32. The first-order valence-electron chi connectivity index (χ1n) is 5.11. The first-order valence-corrected chi connectivity index (χ1v) is 5.11. The minimum atomic E-state index is -2.83. The second-order valence-electron chi connectivity index (χ2n) is 4.76. The molecule has 0 saturated carbocycles. The van der Waals surface area contributed by atoms with Crippen LogP contribution in [0.5, 0.6) is 5.75 Å². The van der Waals surface area contributed by atoms with E-state index in [9.17, 15) is 8.78 Å². The van der Waals surface area contributed by atoms with Crippen molar-refractivity contribution >= 4 is 0 Å². The van der Waals surface area contributed by atoms with Crippen LogP contribution in [-0.2, 0) is 0 Å². The molecule has 0 unspecified atom stereocenters. The monoisotopic (exact) mass is 229 g/mol. The number of benzene rings is 1. The van der Waals surface area contributed by atoms with Gasteiger partial charge in [0.05, 0.1) is 0 Å². The maximum atomic E-state index is 12.2. The molecule has 0 aliphatic rings. The number of hydrogen-bond acceptors (Lipinski definition) is 2. The predicted octanol–water partition coefficient (Wildman–Crippen LogP) is 3.33. The summed E-state index contributed by atoms with van der Waals surface area (Å²) in [6.45, 7) is 3.04. The van der Waals surface area contributed by atoms with Crippen molar-refractivity contribution in [1.82, 2.24) is 0 Å². The third-order valence-corrected chi connectivity index (χ3v) is 2.40. The molecule has 1 rings (SSSR count). The molecule has 2 N–H and O–H groups in total. The highest BCUT2D eigenvalue weighted by Gasteiger charge is 2.25. The minimum Gasteiger partial charge on any atom is -0.434 e. The van der Waals surface area contributed by atoms with E-state index in [0.29, 0.717) is 5.56 Å². The largest absolute Gasteiger partial charge is 0.434 e. The van der Waals surface area contributed by atoms with Crippen LogP contribution in [0.2, 0.25) is 0 Å². The average Bonchev–Trinajstić information content (AvgIpc) is 2.15. The van der Waals surface area contributed by atoms with Gasteiger partial charge < -0.3 is 10.5 Å². The van der Waals surface area contributed by atoms with Crippen LogP contribution >= 0.6 is 0 Å². The maximum Gasteiger partial charge on any atom is 0.387 e. The SMILES string of the molecule is CC(C)(C)[C@H](N)c1ccccc1OC(F)F. The second kappa shape index (κ2) is 4.78. The van der Waals surface area contributed by atoms with Crippen molar-refractivity contribution in [2.45, 2.75) is 33.4 Å². The van der Waals surface area contributed by atoms with E-state index in [0.717, 1.165) is 0 Å². The fourth-order valence-corrected chi connectivity index (χ4v) is 1.41. The highest BCUT2D eigenvalue weighted by atomic mass is 19.3. The smallest absolute Gasteiger partial charge is 0.387 e. The Bertz CT molecular complexity index is 347. The Morgan fingerprint density at radius 3 is 2.25 bits per heavy atom. The van der Waals surface area contributed by atoms with E-state index in [1.54, 1.807) is 18.2 Å². The Balaban J connectivity index is 3.03. The van der Waals surface area contributed by atoms with Crippen molar-refractivity contribution in [1.29, 1.82) is 0 Å². The highest BCUT2D eigenvalue weighted by molar-refractivity contribution is 5.36. The summed E-state index contributed by atoms with van der Waals surface area (Å²) >= 11 is 0. The molecule has 0 bridgehead atoms. The van der Waals surface area contributed by atoms with Crippen LogP contribution in [0.25, 0.3) is 0 Å². The number of alkyl halides is 2. The summed E-state index contributed by atoms with van der Waals surface area (Å²) in [6, 6.07) is 6.29. The Hall–Kier alpha value is -1.16. The van der Waals surface area contributed by atoms with Crippen LogP contribution in [0.15, 0.2) is 24.3 Å². The Morgan fingerprint density at radius 1 is 1.19 bits per heavy atom. The molecule has 0 aliphatic carbocycles. The zero-order valence-corrected chi connectivity index (χ0v) is 9.71. The number of para-hydroxylation sites is 1. The number of halogens is 2. The maximum absolute atomic E-state index is 12.2. The van der Waals surface area contributed by atoms with Gasteiger partial charge in [0.2, 0.25) is 0 Å². The fraction of sp³-hybridized carbons (Fsp3) is 0.500. The first kappa shape index (κ1) is 12.9. The minimum absolute atomic E-state index is 0.153. The lowest BCUT2D eigenvalue weighted by molar-refractivity contribution is -0.0509. The van der Waals surface area contributed by atoms with Gasteiger partial charge in [-0.3, -0.25) is 0 Å². The normalized spacial score (nSPS) is 13.9. The van der Waals surface area contributed by atoms with E-state index in [1.165, 1.54) is 6.07 Å². The number of rotatable bonds is 3. The lowest BCUT2D eigenvalue weighted by Gasteiger charge is -2.28. The van der Waals surface area contributed by atoms with Crippen molar-refractivity contribution in [3.8, 4) is 5.75 Å². The summed E-state index contributed by atoms with van der Waals surface area (Å²) in [5.74, 6) is 0.153. The summed E-state index contributed by atoms with van der Waals surface area (Å²) < 4.78 is 28.8. The summed E-state index contributed by atoms with van der Waals surface area (Å²) in [7, 11) is 0. The van der Waals surface area contributed by atoms with Gasteiger partial charge in [0, 0.05) is 11.6 Å². The molecule has 4 heteroatoms. The molecule has 16 heavy (non-hydrogen) atoms. The van der Waals surface area contributed by atoms with Crippen LogP contribution in [-0.4, -0.2) is 6.61 Å². The molecule has 0 heterocycles. The molecule has 0 spiro atoms. The van der Waals surface area contributed by atoms with Crippen LogP contribution in [0.4, 0.5) is 8.78 Å². The van der Waals surface area contributed by atoms with Gasteiger partial charge in [0.15, 0.2) is 0 Å². The molecule has 0 saturated heterocycles. The van der Waals surface area contributed by atoms with Gasteiger partial charge >= 0.3 is 6.61 Å². The molecule has 0 amide bonds. The van der Waals surface area contributed by atoms with Crippen molar-refractivity contribution in [2.75, 3.05) is 0 Å². The number of hydrogen-bond donors (Lipinski definition) is 1. The van der Waals surface area contributed by atoms with Crippen LogP contribution in [0.1, 0.15) is 32.4 Å². The topological polar surface area (TPSA) is 35.2 Å². The van der Waals surface area contributed by atoms with E-state index in [-0.39, 0.29) is 17.2 Å². The Morgan fingerprint density at radius 2 is 1.75 bits per heavy atom. The van der Waals surface area contributed by atoms with E-state index in [1.807, 2.05) is 20.8 Å². The highest BCUT2D eigenvalue weighted by Crippen LogP contribution is 2.35.